The van der Waals surface area contributed by atoms with Crippen molar-refractivity contribution < 1.29 is 27.9 Å². The van der Waals surface area contributed by atoms with Gasteiger partial charge in [0, 0.05) is 19.5 Å². The van der Waals surface area contributed by atoms with Gasteiger partial charge in [-0.15, -0.1) is 0 Å². The van der Waals surface area contributed by atoms with Crippen LogP contribution in [0.2, 0.25) is 0 Å². The van der Waals surface area contributed by atoms with Crippen molar-refractivity contribution in [1.29, 1.82) is 0 Å². The zero-order chi connectivity index (χ0) is 7.11. The van der Waals surface area contributed by atoms with E-state index in [-0.39, 0.29) is 19.5 Å². The molecule has 0 rings (SSSR count). The van der Waals surface area contributed by atoms with E-state index in [1.54, 1.807) is 0 Å². The molecule has 0 aliphatic heterocycles. The predicted octanol–water partition coefficient (Wildman–Crippen LogP) is 1.87. The molecule has 0 fully saturated rings. The number of hydrogen-bond acceptors (Lipinski definition) is 3. The maximum atomic E-state index is 9.96. The number of rotatable bonds is 5. The Bertz CT molecular complexity index is 115. The Hall–Kier alpha value is 0.573. The average molecular weight is 215 g/mol. The molecule has 0 radical (unpaired) electrons. The van der Waals surface area contributed by atoms with E-state index in [0.29, 0.717) is 5.75 Å². The second kappa shape index (κ2) is 9.57. The second-order valence-electron chi connectivity index (χ2n) is 2.07. The van der Waals surface area contributed by atoms with Gasteiger partial charge in [-0.2, -0.15) is 0 Å². The van der Waals surface area contributed by atoms with Gasteiger partial charge in [-0.3, -0.25) is 0 Å². The van der Waals surface area contributed by atoms with Crippen LogP contribution in [0.1, 0.15) is 32.6 Å². The Morgan fingerprint density at radius 1 is 1.10 bits per heavy atom. The molecule has 0 aromatic heterocycles. The van der Waals surface area contributed by atoms with Crippen LogP contribution in [0, 0.1) is 0 Å². The monoisotopic (exact) mass is 213 g/mol. The van der Waals surface area contributed by atoms with Gasteiger partial charge < -0.3 is 8.42 Å². The summed E-state index contributed by atoms with van der Waals surface area (Å²) < 4.78 is 19.9. The van der Waals surface area contributed by atoms with E-state index in [0.717, 1.165) is 25.7 Å². The quantitative estimate of drug-likeness (QED) is 0.398. The first-order valence-electron chi connectivity index (χ1n) is 3.33. The molecule has 0 heterocycles. The van der Waals surface area contributed by atoms with E-state index in [1.807, 2.05) is 0 Å². The van der Waals surface area contributed by atoms with E-state index >= 15 is 0 Å². The molecule has 0 bridgehead atoms. The van der Waals surface area contributed by atoms with Crippen LogP contribution < -0.4 is 0 Å². The summed E-state index contributed by atoms with van der Waals surface area (Å²) in [6.45, 7) is 2.11. The predicted molar refractivity (Wildman–Crippen MR) is 37.7 cm³/mol. The minimum absolute atomic E-state index is 0. The van der Waals surface area contributed by atoms with Gasteiger partial charge in [0.25, 0.3) is 0 Å². The second-order valence-corrected chi connectivity index (χ2v) is 3.08. The summed E-state index contributed by atoms with van der Waals surface area (Å²) in [7, 11) is -1.82. The summed E-state index contributed by atoms with van der Waals surface area (Å²) in [5, 5.41) is 0. The Labute approximate surface area is 77.1 Å². The standard InChI is InChI=1S/C6H13O2S.Zn/c1-2-3-4-5-6-9(7)8;/h2-6H2,1H3;/q-1;. The summed E-state index contributed by atoms with van der Waals surface area (Å²) in [5.74, 6) is 0.333. The molecule has 0 amide bonds. The molecule has 0 saturated carbocycles. The van der Waals surface area contributed by atoms with Crippen LogP contribution in [0.25, 0.3) is 0 Å². The topological polar surface area (TPSA) is 34.1 Å². The summed E-state index contributed by atoms with van der Waals surface area (Å²) in [6, 6.07) is 0. The minimum atomic E-state index is -1.82. The normalized spacial score (nSPS) is 9.40. The number of hydrogen-bond donors (Lipinski definition) is 0. The molecule has 58 valence electrons. The van der Waals surface area contributed by atoms with Gasteiger partial charge in [0.15, 0.2) is 0 Å². The first kappa shape index (κ1) is 13.2. The maximum absolute atomic E-state index is 9.96. The van der Waals surface area contributed by atoms with E-state index in [9.17, 15) is 8.42 Å². The first-order chi connectivity index (χ1) is 4.27. The van der Waals surface area contributed by atoms with E-state index in [4.69, 9.17) is 0 Å². The van der Waals surface area contributed by atoms with Gasteiger partial charge in [-0.05, 0) is 0 Å². The van der Waals surface area contributed by atoms with Gasteiger partial charge in [-0.25, -0.2) is 0 Å². The van der Waals surface area contributed by atoms with Crippen molar-refractivity contribution in [2.45, 2.75) is 32.6 Å². The van der Waals surface area contributed by atoms with Crippen molar-refractivity contribution in [3.05, 3.63) is 0 Å². The van der Waals surface area contributed by atoms with Crippen molar-refractivity contribution >= 4 is 10.7 Å². The molecular formula is C6H13O2SZn-. The van der Waals surface area contributed by atoms with Crippen molar-refractivity contribution in [1.82, 2.24) is 0 Å². The molecule has 4 heteroatoms. The Morgan fingerprint density at radius 3 is 2.10 bits per heavy atom. The zero-order valence-electron chi connectivity index (χ0n) is 6.47. The van der Waals surface area contributed by atoms with Gasteiger partial charge in [0.05, 0.1) is 0 Å². The molecule has 10 heavy (non-hydrogen) atoms. The summed E-state index contributed by atoms with van der Waals surface area (Å²) in [4.78, 5) is 0. The molecule has 0 aromatic carbocycles. The van der Waals surface area contributed by atoms with Crippen molar-refractivity contribution in [2.24, 2.45) is 0 Å². The molecule has 0 N–H and O–H groups in total. The Morgan fingerprint density at radius 2 is 1.70 bits per heavy atom. The van der Waals surface area contributed by atoms with Gasteiger partial charge in [0.1, 0.15) is 0 Å². The first-order valence-corrected chi connectivity index (χ1v) is 4.57. The zero-order valence-corrected chi connectivity index (χ0v) is 10.3. The van der Waals surface area contributed by atoms with Gasteiger partial charge in [-0.1, -0.05) is 49.1 Å². The van der Waals surface area contributed by atoms with Crippen LogP contribution in [0.15, 0.2) is 0 Å². The number of unbranched alkanes of at least 4 members (excludes halogenated alkanes) is 3. The third-order valence-electron chi connectivity index (χ3n) is 1.16. The van der Waals surface area contributed by atoms with Crippen LogP contribution in [-0.4, -0.2) is 5.75 Å². The van der Waals surface area contributed by atoms with Crippen molar-refractivity contribution in [2.75, 3.05) is 5.75 Å². The van der Waals surface area contributed by atoms with Gasteiger partial charge >= 0.3 is 0 Å². The third kappa shape index (κ3) is 11.4. The molecule has 0 saturated heterocycles. The molecule has 0 aromatic rings. The van der Waals surface area contributed by atoms with Crippen LogP contribution in [0.4, 0.5) is 0 Å². The largest absolute Gasteiger partial charge is 0.424 e. The fourth-order valence-corrected chi connectivity index (χ4v) is 1.09. The Kier molecular flexibility index (Phi) is 12.6. The smallest absolute Gasteiger partial charge is 0 e. The van der Waals surface area contributed by atoms with Crippen LogP contribution >= 0.6 is 0 Å². The van der Waals surface area contributed by atoms with E-state index < -0.39 is 10.7 Å². The summed E-state index contributed by atoms with van der Waals surface area (Å²) in [5.41, 5.74) is 0. The van der Waals surface area contributed by atoms with Crippen LogP contribution in [0.3, 0.4) is 0 Å². The molecule has 2 nitrogen and oxygen atoms in total. The molecule has 0 aliphatic rings. The van der Waals surface area contributed by atoms with Crippen LogP contribution in [0.5, 0.6) is 0 Å². The summed E-state index contributed by atoms with van der Waals surface area (Å²) >= 11 is 0. The van der Waals surface area contributed by atoms with Crippen LogP contribution in [-0.2, 0) is 38.6 Å². The van der Waals surface area contributed by atoms with E-state index in [1.165, 1.54) is 0 Å². The van der Waals surface area contributed by atoms with E-state index in [2.05, 4.69) is 6.92 Å². The fraction of sp³-hybridized carbons (Fsp3) is 1.00. The van der Waals surface area contributed by atoms with Crippen molar-refractivity contribution in [3.8, 4) is 0 Å². The molecule has 0 aliphatic carbocycles. The molecule has 0 spiro atoms. The Balaban J connectivity index is 0. The van der Waals surface area contributed by atoms with Gasteiger partial charge in [0.2, 0.25) is 0 Å². The SMILES string of the molecule is CCCCCC[S-](=O)=O.[Zn]. The maximum Gasteiger partial charge on any atom is 0 e. The molecule has 0 unspecified atom stereocenters. The average Bonchev–Trinajstić information content (AvgIpc) is 1.80. The fourth-order valence-electron chi connectivity index (χ4n) is 0.647. The molecular weight excluding hydrogens is 202 g/mol. The van der Waals surface area contributed by atoms with Crippen molar-refractivity contribution in [3.63, 3.8) is 0 Å². The minimum Gasteiger partial charge on any atom is -0.424 e. The molecule has 0 atom stereocenters. The summed E-state index contributed by atoms with van der Waals surface area (Å²) in [6.07, 6.45) is 4.18. The third-order valence-corrected chi connectivity index (χ3v) is 1.79.